The number of rotatable bonds is 3. The van der Waals surface area contributed by atoms with Crippen molar-refractivity contribution in [2.75, 3.05) is 18.4 Å². The number of likely N-dealkylation sites (tertiary alicyclic amines) is 1. The number of amides is 1. The lowest BCUT2D eigenvalue weighted by molar-refractivity contribution is -0.922. The molecular weight excluding hydrogens is 250 g/mol. The van der Waals surface area contributed by atoms with Crippen molar-refractivity contribution < 1.29 is 9.69 Å². The molecular formula is C16H22N3O+. The van der Waals surface area contributed by atoms with Crippen molar-refractivity contribution in [2.45, 2.75) is 32.7 Å². The Balaban J connectivity index is 1.98. The highest BCUT2D eigenvalue weighted by atomic mass is 16.2. The SMILES string of the molecule is C[C@H]1CCC[NH+]([C@@H](C)C(=O)Nc2cccc(C#N)c2)C1. The Morgan fingerprint density at radius 1 is 1.55 bits per heavy atom. The van der Waals surface area contributed by atoms with E-state index in [-0.39, 0.29) is 11.9 Å². The monoisotopic (exact) mass is 272 g/mol. The third kappa shape index (κ3) is 3.58. The van der Waals surface area contributed by atoms with Crippen LogP contribution in [-0.2, 0) is 4.79 Å². The maximum Gasteiger partial charge on any atom is 0.282 e. The molecule has 1 aromatic carbocycles. The molecule has 0 aliphatic carbocycles. The molecule has 106 valence electrons. The molecule has 1 heterocycles. The van der Waals surface area contributed by atoms with Gasteiger partial charge in [-0.05, 0) is 38.0 Å². The van der Waals surface area contributed by atoms with Crippen LogP contribution in [0.15, 0.2) is 24.3 Å². The lowest BCUT2D eigenvalue weighted by Gasteiger charge is -2.31. The maximum absolute atomic E-state index is 12.3. The molecule has 1 aromatic rings. The predicted octanol–water partition coefficient (Wildman–Crippen LogP) is 1.20. The molecule has 1 saturated heterocycles. The van der Waals surface area contributed by atoms with Crippen molar-refractivity contribution in [1.82, 2.24) is 0 Å². The van der Waals surface area contributed by atoms with Crippen LogP contribution in [0.5, 0.6) is 0 Å². The number of anilines is 1. The highest BCUT2D eigenvalue weighted by Crippen LogP contribution is 2.10. The summed E-state index contributed by atoms with van der Waals surface area (Å²) in [7, 11) is 0. The van der Waals surface area contributed by atoms with E-state index in [1.54, 1.807) is 18.2 Å². The van der Waals surface area contributed by atoms with E-state index in [0.29, 0.717) is 17.2 Å². The molecule has 0 radical (unpaired) electrons. The number of quaternary nitrogens is 1. The van der Waals surface area contributed by atoms with Crippen LogP contribution in [0.1, 0.15) is 32.3 Å². The quantitative estimate of drug-likeness (QED) is 0.868. The van der Waals surface area contributed by atoms with E-state index < -0.39 is 0 Å². The minimum atomic E-state index is -0.0523. The van der Waals surface area contributed by atoms with Crippen LogP contribution < -0.4 is 10.2 Å². The molecule has 1 aliphatic heterocycles. The fraction of sp³-hybridized carbons (Fsp3) is 0.500. The zero-order valence-electron chi connectivity index (χ0n) is 12.1. The molecule has 2 rings (SSSR count). The van der Waals surface area contributed by atoms with Crippen LogP contribution >= 0.6 is 0 Å². The van der Waals surface area contributed by atoms with Gasteiger partial charge in [-0.2, -0.15) is 5.26 Å². The third-order valence-electron chi connectivity index (χ3n) is 4.07. The van der Waals surface area contributed by atoms with Gasteiger partial charge in [-0.3, -0.25) is 4.79 Å². The first-order valence-electron chi connectivity index (χ1n) is 7.25. The fourth-order valence-corrected chi connectivity index (χ4v) is 2.82. The van der Waals surface area contributed by atoms with Crippen LogP contribution in [0.2, 0.25) is 0 Å². The normalized spacial score (nSPS) is 23.6. The second kappa shape index (κ2) is 6.53. The first kappa shape index (κ1) is 14.5. The smallest absolute Gasteiger partial charge is 0.282 e. The summed E-state index contributed by atoms with van der Waals surface area (Å²) in [5, 5.41) is 11.8. The Labute approximate surface area is 120 Å². The molecule has 4 nitrogen and oxygen atoms in total. The van der Waals surface area contributed by atoms with Gasteiger partial charge >= 0.3 is 0 Å². The number of piperidine rings is 1. The Hall–Kier alpha value is -1.86. The van der Waals surface area contributed by atoms with Gasteiger partial charge in [-0.25, -0.2) is 0 Å². The highest BCUT2D eigenvalue weighted by molar-refractivity contribution is 5.93. The molecule has 2 N–H and O–H groups in total. The van der Waals surface area contributed by atoms with Gasteiger partial charge in [0.05, 0.1) is 24.7 Å². The topological polar surface area (TPSA) is 57.3 Å². The summed E-state index contributed by atoms with van der Waals surface area (Å²) in [6.07, 6.45) is 2.46. The lowest BCUT2D eigenvalue weighted by atomic mass is 9.99. The Morgan fingerprint density at radius 3 is 3.05 bits per heavy atom. The summed E-state index contributed by atoms with van der Waals surface area (Å²) in [5.74, 6) is 0.722. The van der Waals surface area contributed by atoms with E-state index in [1.807, 2.05) is 13.0 Å². The predicted molar refractivity (Wildman–Crippen MR) is 78.3 cm³/mol. The van der Waals surface area contributed by atoms with E-state index in [1.165, 1.54) is 17.7 Å². The van der Waals surface area contributed by atoms with Crippen LogP contribution in [0.4, 0.5) is 5.69 Å². The van der Waals surface area contributed by atoms with Crippen LogP contribution in [-0.4, -0.2) is 25.0 Å². The average molecular weight is 272 g/mol. The first-order chi connectivity index (χ1) is 9.60. The summed E-state index contributed by atoms with van der Waals surface area (Å²) >= 11 is 0. The second-order valence-electron chi connectivity index (χ2n) is 5.76. The summed E-state index contributed by atoms with van der Waals surface area (Å²) in [5.41, 5.74) is 1.26. The average Bonchev–Trinajstić information content (AvgIpc) is 2.46. The standard InChI is InChI=1S/C16H21N3O/c1-12-5-4-8-19(11-12)13(2)16(20)18-15-7-3-6-14(9-15)10-17/h3,6-7,9,12-13H,4-5,8,11H2,1-2H3,(H,18,20)/p+1/t12-,13-/m0/s1. The Kier molecular flexibility index (Phi) is 4.75. The summed E-state index contributed by atoms with van der Waals surface area (Å²) in [6.45, 7) is 6.36. The Bertz CT molecular complexity index is 521. The van der Waals surface area contributed by atoms with Crippen molar-refractivity contribution in [3.8, 4) is 6.07 Å². The lowest BCUT2D eigenvalue weighted by Crippen LogP contribution is -3.17. The van der Waals surface area contributed by atoms with E-state index in [0.717, 1.165) is 13.1 Å². The van der Waals surface area contributed by atoms with Crippen LogP contribution in [0.25, 0.3) is 0 Å². The fourth-order valence-electron chi connectivity index (χ4n) is 2.82. The molecule has 20 heavy (non-hydrogen) atoms. The number of hydrogen-bond donors (Lipinski definition) is 2. The van der Waals surface area contributed by atoms with Crippen LogP contribution in [0, 0.1) is 17.2 Å². The van der Waals surface area contributed by atoms with E-state index in [9.17, 15) is 4.79 Å². The van der Waals surface area contributed by atoms with Crippen molar-refractivity contribution in [3.63, 3.8) is 0 Å². The second-order valence-corrected chi connectivity index (χ2v) is 5.76. The third-order valence-corrected chi connectivity index (χ3v) is 4.07. The van der Waals surface area contributed by atoms with Gasteiger partial charge < -0.3 is 10.2 Å². The van der Waals surface area contributed by atoms with E-state index in [4.69, 9.17) is 5.26 Å². The molecule has 3 atom stereocenters. The molecule has 4 heteroatoms. The van der Waals surface area contributed by atoms with Crippen molar-refractivity contribution in [1.29, 1.82) is 5.26 Å². The largest absolute Gasteiger partial charge is 0.325 e. The minimum Gasteiger partial charge on any atom is -0.325 e. The number of carbonyl (C=O) groups is 1. The van der Waals surface area contributed by atoms with E-state index >= 15 is 0 Å². The van der Waals surface area contributed by atoms with Gasteiger partial charge in [0.15, 0.2) is 6.04 Å². The van der Waals surface area contributed by atoms with Crippen LogP contribution in [0.3, 0.4) is 0 Å². The number of benzene rings is 1. The molecule has 1 amide bonds. The summed E-state index contributed by atoms with van der Waals surface area (Å²) < 4.78 is 0. The zero-order chi connectivity index (χ0) is 14.5. The maximum atomic E-state index is 12.3. The molecule has 0 saturated carbocycles. The molecule has 0 spiro atoms. The van der Waals surface area contributed by atoms with Crippen molar-refractivity contribution in [3.05, 3.63) is 29.8 Å². The first-order valence-corrected chi connectivity index (χ1v) is 7.25. The highest BCUT2D eigenvalue weighted by Gasteiger charge is 2.29. The van der Waals surface area contributed by atoms with Crippen molar-refractivity contribution >= 4 is 11.6 Å². The molecule has 1 fully saturated rings. The van der Waals surface area contributed by atoms with Crippen molar-refractivity contribution in [2.24, 2.45) is 5.92 Å². The minimum absolute atomic E-state index is 0.0317. The van der Waals surface area contributed by atoms with Gasteiger partial charge in [0.25, 0.3) is 5.91 Å². The number of nitriles is 1. The van der Waals surface area contributed by atoms with Gasteiger partial charge in [-0.1, -0.05) is 13.0 Å². The number of hydrogen-bond acceptors (Lipinski definition) is 2. The van der Waals surface area contributed by atoms with Gasteiger partial charge in [0.1, 0.15) is 0 Å². The van der Waals surface area contributed by atoms with Gasteiger partial charge in [0, 0.05) is 11.6 Å². The van der Waals surface area contributed by atoms with Gasteiger partial charge in [-0.15, -0.1) is 0 Å². The number of carbonyl (C=O) groups excluding carboxylic acids is 1. The summed E-state index contributed by atoms with van der Waals surface area (Å²) in [4.78, 5) is 13.7. The Morgan fingerprint density at radius 2 is 2.35 bits per heavy atom. The number of nitrogens with zero attached hydrogens (tertiary/aromatic N) is 1. The molecule has 1 unspecified atom stereocenters. The number of nitrogens with one attached hydrogen (secondary N) is 2. The van der Waals surface area contributed by atoms with Gasteiger partial charge in [0.2, 0.25) is 0 Å². The molecule has 0 aromatic heterocycles. The molecule has 0 bridgehead atoms. The zero-order valence-corrected chi connectivity index (χ0v) is 12.1. The summed E-state index contributed by atoms with van der Waals surface area (Å²) in [6, 6.07) is 9.08. The molecule has 1 aliphatic rings. The van der Waals surface area contributed by atoms with E-state index in [2.05, 4.69) is 18.3 Å².